The highest BCUT2D eigenvalue weighted by atomic mass is 16.2. The van der Waals surface area contributed by atoms with E-state index in [1.54, 1.807) is 6.20 Å². The zero-order valence-electron chi connectivity index (χ0n) is 13.0. The Morgan fingerprint density at radius 3 is 2.67 bits per heavy atom. The summed E-state index contributed by atoms with van der Waals surface area (Å²) in [6, 6.07) is 3.39. The van der Waals surface area contributed by atoms with E-state index in [0.717, 1.165) is 25.3 Å². The fourth-order valence-corrected chi connectivity index (χ4v) is 2.51. The molecule has 1 aromatic rings. The lowest BCUT2D eigenvalue weighted by Crippen LogP contribution is -2.40. The van der Waals surface area contributed by atoms with E-state index < -0.39 is 6.04 Å². The highest BCUT2D eigenvalue weighted by molar-refractivity contribution is 5.94. The number of hydrogen-bond acceptors (Lipinski definition) is 4. The molecular weight excluding hydrogens is 264 g/mol. The van der Waals surface area contributed by atoms with E-state index in [1.165, 1.54) is 19.3 Å². The molecule has 0 saturated carbocycles. The summed E-state index contributed by atoms with van der Waals surface area (Å²) in [5.41, 5.74) is 6.63. The molecule has 5 nitrogen and oxygen atoms in total. The van der Waals surface area contributed by atoms with Gasteiger partial charge in [-0.3, -0.25) is 4.79 Å². The Morgan fingerprint density at radius 1 is 1.38 bits per heavy atom. The molecule has 1 amide bonds. The number of nitrogens with one attached hydrogen (secondary N) is 1. The van der Waals surface area contributed by atoms with Gasteiger partial charge in [-0.05, 0) is 37.3 Å². The number of anilines is 2. The monoisotopic (exact) mass is 290 g/mol. The molecule has 0 bridgehead atoms. The number of aromatic nitrogens is 1. The highest BCUT2D eigenvalue weighted by Gasteiger charge is 2.19. The molecule has 3 N–H and O–H groups in total. The highest BCUT2D eigenvalue weighted by Crippen LogP contribution is 2.19. The Morgan fingerprint density at radius 2 is 2.10 bits per heavy atom. The smallest absolute Gasteiger partial charge is 0.241 e. The Kier molecular flexibility index (Phi) is 5.56. The van der Waals surface area contributed by atoms with Gasteiger partial charge in [-0.15, -0.1) is 0 Å². The molecule has 1 saturated heterocycles. The third kappa shape index (κ3) is 4.17. The number of nitrogens with two attached hydrogens (primary N) is 1. The fraction of sp³-hybridized carbons (Fsp3) is 0.625. The largest absolute Gasteiger partial charge is 0.357 e. The van der Waals surface area contributed by atoms with Crippen molar-refractivity contribution < 1.29 is 4.79 Å². The molecule has 2 rings (SSSR count). The zero-order chi connectivity index (χ0) is 15.2. The van der Waals surface area contributed by atoms with E-state index >= 15 is 0 Å². The number of carbonyl (C=O) groups excluding carboxylic acids is 1. The van der Waals surface area contributed by atoms with Crippen LogP contribution in [0.3, 0.4) is 0 Å². The van der Waals surface area contributed by atoms with Gasteiger partial charge in [0.25, 0.3) is 0 Å². The van der Waals surface area contributed by atoms with Crippen molar-refractivity contribution >= 4 is 17.4 Å². The van der Waals surface area contributed by atoms with Crippen molar-refractivity contribution in [3.8, 4) is 0 Å². The molecule has 1 fully saturated rings. The van der Waals surface area contributed by atoms with Gasteiger partial charge in [-0.2, -0.15) is 0 Å². The van der Waals surface area contributed by atoms with Crippen LogP contribution >= 0.6 is 0 Å². The van der Waals surface area contributed by atoms with E-state index in [1.807, 2.05) is 26.0 Å². The predicted octanol–water partition coefficient (Wildman–Crippen LogP) is 2.38. The third-order valence-corrected chi connectivity index (χ3v) is 4.26. The fourth-order valence-electron chi connectivity index (χ4n) is 2.51. The van der Waals surface area contributed by atoms with E-state index in [2.05, 4.69) is 15.2 Å². The number of nitrogens with zero attached hydrogens (tertiary/aromatic N) is 2. The standard InChI is InChI=1S/C16H26N4O/c1-3-12(2)15(17)16(21)19-13-7-8-14(18-11-13)20-9-5-4-6-10-20/h7-8,11-12,15H,3-6,9-10,17H2,1-2H3,(H,19,21). The van der Waals surface area contributed by atoms with Crippen molar-refractivity contribution in [1.82, 2.24) is 4.98 Å². The maximum atomic E-state index is 12.0. The van der Waals surface area contributed by atoms with Gasteiger partial charge in [-0.1, -0.05) is 20.3 Å². The second kappa shape index (κ2) is 7.41. The van der Waals surface area contributed by atoms with Crippen molar-refractivity contribution in [2.45, 2.75) is 45.6 Å². The van der Waals surface area contributed by atoms with Crippen LogP contribution in [0.5, 0.6) is 0 Å². The lowest BCUT2D eigenvalue weighted by atomic mass is 9.99. The zero-order valence-corrected chi connectivity index (χ0v) is 13.0. The van der Waals surface area contributed by atoms with Gasteiger partial charge in [0.1, 0.15) is 5.82 Å². The first-order valence-corrected chi connectivity index (χ1v) is 7.89. The van der Waals surface area contributed by atoms with Gasteiger partial charge < -0.3 is 16.0 Å². The van der Waals surface area contributed by atoms with Crippen LogP contribution in [0, 0.1) is 5.92 Å². The third-order valence-electron chi connectivity index (χ3n) is 4.26. The maximum Gasteiger partial charge on any atom is 0.241 e. The topological polar surface area (TPSA) is 71.2 Å². The minimum absolute atomic E-state index is 0.142. The number of hydrogen-bond donors (Lipinski definition) is 2. The Balaban J connectivity index is 1.94. The second-order valence-corrected chi connectivity index (χ2v) is 5.85. The van der Waals surface area contributed by atoms with E-state index in [4.69, 9.17) is 5.73 Å². The summed E-state index contributed by atoms with van der Waals surface area (Å²) < 4.78 is 0. The Hall–Kier alpha value is -1.62. The van der Waals surface area contributed by atoms with Crippen LogP contribution in [0.2, 0.25) is 0 Å². The van der Waals surface area contributed by atoms with Gasteiger partial charge in [-0.25, -0.2) is 4.98 Å². The number of pyridine rings is 1. The minimum Gasteiger partial charge on any atom is -0.357 e. The van der Waals surface area contributed by atoms with Crippen molar-refractivity contribution in [3.63, 3.8) is 0 Å². The lowest BCUT2D eigenvalue weighted by Gasteiger charge is -2.27. The summed E-state index contributed by atoms with van der Waals surface area (Å²) in [7, 11) is 0. The molecule has 0 aromatic carbocycles. The van der Waals surface area contributed by atoms with Gasteiger partial charge >= 0.3 is 0 Å². The number of rotatable bonds is 5. The van der Waals surface area contributed by atoms with Gasteiger partial charge in [0.2, 0.25) is 5.91 Å². The first-order chi connectivity index (χ1) is 10.1. The molecular formula is C16H26N4O. The number of carbonyl (C=O) groups is 1. The van der Waals surface area contributed by atoms with Crippen molar-refractivity contribution in [1.29, 1.82) is 0 Å². The summed E-state index contributed by atoms with van der Waals surface area (Å²) in [6.45, 7) is 6.16. The van der Waals surface area contributed by atoms with E-state index in [0.29, 0.717) is 5.69 Å². The van der Waals surface area contributed by atoms with Gasteiger partial charge in [0.05, 0.1) is 17.9 Å². The molecule has 1 aliphatic heterocycles. The van der Waals surface area contributed by atoms with Crippen molar-refractivity contribution in [3.05, 3.63) is 18.3 Å². The SMILES string of the molecule is CCC(C)C(N)C(=O)Nc1ccc(N2CCCCC2)nc1. The maximum absolute atomic E-state index is 12.0. The minimum atomic E-state index is -0.475. The van der Waals surface area contributed by atoms with E-state index in [-0.39, 0.29) is 11.8 Å². The van der Waals surface area contributed by atoms with Crippen molar-refractivity contribution in [2.75, 3.05) is 23.3 Å². The van der Waals surface area contributed by atoms with Crippen LogP contribution in [-0.4, -0.2) is 30.0 Å². The number of amides is 1. The Bertz CT molecular complexity index is 454. The molecule has 0 aliphatic carbocycles. The van der Waals surface area contributed by atoms with Crippen molar-refractivity contribution in [2.24, 2.45) is 11.7 Å². The van der Waals surface area contributed by atoms with Crippen LogP contribution in [0.1, 0.15) is 39.5 Å². The molecule has 116 valence electrons. The molecule has 2 atom stereocenters. The van der Waals surface area contributed by atoms with Gasteiger partial charge in [0.15, 0.2) is 0 Å². The lowest BCUT2D eigenvalue weighted by molar-refractivity contribution is -0.118. The van der Waals surface area contributed by atoms with Crippen LogP contribution in [-0.2, 0) is 4.79 Å². The molecule has 1 aromatic heterocycles. The summed E-state index contributed by atoms with van der Waals surface area (Å²) in [5, 5.41) is 2.84. The second-order valence-electron chi connectivity index (χ2n) is 5.85. The first kappa shape index (κ1) is 15.8. The normalized spacial score (nSPS) is 18.1. The molecule has 21 heavy (non-hydrogen) atoms. The van der Waals surface area contributed by atoms with Crippen LogP contribution in [0.4, 0.5) is 11.5 Å². The van der Waals surface area contributed by atoms with Gasteiger partial charge in [0, 0.05) is 13.1 Å². The molecule has 0 radical (unpaired) electrons. The molecule has 0 spiro atoms. The average molecular weight is 290 g/mol. The molecule has 2 unspecified atom stereocenters. The Labute approximate surface area is 126 Å². The number of piperidine rings is 1. The average Bonchev–Trinajstić information content (AvgIpc) is 2.54. The summed E-state index contributed by atoms with van der Waals surface area (Å²) in [5.74, 6) is 1.02. The first-order valence-electron chi connectivity index (χ1n) is 7.89. The van der Waals surface area contributed by atoms with Crippen LogP contribution in [0.25, 0.3) is 0 Å². The summed E-state index contributed by atoms with van der Waals surface area (Å²) >= 11 is 0. The molecule has 1 aliphatic rings. The summed E-state index contributed by atoms with van der Waals surface area (Å²) in [6.07, 6.45) is 6.36. The van der Waals surface area contributed by atoms with Crippen LogP contribution < -0.4 is 16.0 Å². The quantitative estimate of drug-likeness (QED) is 0.873. The molecule has 2 heterocycles. The van der Waals surface area contributed by atoms with Crippen LogP contribution in [0.15, 0.2) is 18.3 Å². The van der Waals surface area contributed by atoms with E-state index in [9.17, 15) is 4.79 Å². The summed E-state index contributed by atoms with van der Waals surface area (Å²) in [4.78, 5) is 18.8. The molecule has 5 heteroatoms. The predicted molar refractivity (Wildman–Crippen MR) is 86.4 cm³/mol.